The standard InChI is InChI=1S/C15H20ClNO4/c1-2-19-9-10-20-14-11-12(5-6-13(14)16)21-15(18)17-7-3-4-8-17/h5-6,11H,2-4,7-10H2,1H3. The van der Waals surface area contributed by atoms with Gasteiger partial charge in [-0.1, -0.05) is 11.6 Å². The molecule has 1 heterocycles. The van der Waals surface area contributed by atoms with E-state index in [4.69, 9.17) is 25.8 Å². The van der Waals surface area contributed by atoms with E-state index in [0.29, 0.717) is 36.3 Å². The highest BCUT2D eigenvalue weighted by Gasteiger charge is 2.20. The van der Waals surface area contributed by atoms with Gasteiger partial charge < -0.3 is 19.1 Å². The molecular formula is C15H20ClNO4. The van der Waals surface area contributed by atoms with Crippen LogP contribution in [0.4, 0.5) is 4.79 Å². The monoisotopic (exact) mass is 313 g/mol. The molecule has 5 nitrogen and oxygen atoms in total. The largest absolute Gasteiger partial charge is 0.489 e. The highest BCUT2D eigenvalue weighted by atomic mass is 35.5. The van der Waals surface area contributed by atoms with Crippen molar-refractivity contribution in [2.75, 3.05) is 32.9 Å². The predicted octanol–water partition coefficient (Wildman–Crippen LogP) is 3.35. The van der Waals surface area contributed by atoms with Crippen molar-refractivity contribution in [3.8, 4) is 11.5 Å². The summed E-state index contributed by atoms with van der Waals surface area (Å²) in [5, 5.41) is 0.479. The summed E-state index contributed by atoms with van der Waals surface area (Å²) in [6.07, 6.45) is 1.73. The number of halogens is 1. The molecule has 2 rings (SSSR count). The van der Waals surface area contributed by atoms with Crippen LogP contribution < -0.4 is 9.47 Å². The Bertz CT molecular complexity index is 475. The topological polar surface area (TPSA) is 48.0 Å². The van der Waals surface area contributed by atoms with Gasteiger partial charge in [0.2, 0.25) is 0 Å². The molecule has 1 aromatic carbocycles. The second kappa shape index (κ2) is 8.10. The van der Waals surface area contributed by atoms with Crippen molar-refractivity contribution in [2.24, 2.45) is 0 Å². The molecule has 0 bridgehead atoms. The van der Waals surface area contributed by atoms with Gasteiger partial charge in [0.25, 0.3) is 0 Å². The summed E-state index contributed by atoms with van der Waals surface area (Å²) in [6.45, 7) is 4.96. The van der Waals surface area contributed by atoms with Crippen molar-refractivity contribution in [1.82, 2.24) is 4.90 Å². The molecule has 1 amide bonds. The lowest BCUT2D eigenvalue weighted by molar-refractivity contribution is 0.110. The minimum atomic E-state index is -0.324. The molecule has 0 saturated carbocycles. The van der Waals surface area contributed by atoms with Crippen LogP contribution in [0.25, 0.3) is 0 Å². The molecule has 0 aromatic heterocycles. The molecule has 0 radical (unpaired) electrons. The van der Waals surface area contributed by atoms with Crippen LogP contribution in [0.3, 0.4) is 0 Å². The number of rotatable bonds is 6. The van der Waals surface area contributed by atoms with Crippen molar-refractivity contribution < 1.29 is 19.0 Å². The molecule has 1 aromatic rings. The fourth-order valence-corrected chi connectivity index (χ4v) is 2.25. The maximum Gasteiger partial charge on any atom is 0.415 e. The number of amides is 1. The van der Waals surface area contributed by atoms with Crippen LogP contribution in [-0.2, 0) is 4.74 Å². The number of carbonyl (C=O) groups is 1. The summed E-state index contributed by atoms with van der Waals surface area (Å²) in [4.78, 5) is 13.6. The molecule has 0 N–H and O–H groups in total. The zero-order valence-corrected chi connectivity index (χ0v) is 12.9. The summed E-state index contributed by atoms with van der Waals surface area (Å²) >= 11 is 6.06. The van der Waals surface area contributed by atoms with E-state index < -0.39 is 0 Å². The van der Waals surface area contributed by atoms with Gasteiger partial charge in [0.05, 0.1) is 11.6 Å². The fourth-order valence-electron chi connectivity index (χ4n) is 2.08. The molecule has 0 atom stereocenters. The Morgan fingerprint density at radius 1 is 1.29 bits per heavy atom. The Morgan fingerprint density at radius 3 is 2.76 bits per heavy atom. The molecular weight excluding hydrogens is 294 g/mol. The SMILES string of the molecule is CCOCCOc1cc(OC(=O)N2CCCC2)ccc1Cl. The van der Waals surface area contributed by atoms with Gasteiger partial charge in [0.1, 0.15) is 18.1 Å². The van der Waals surface area contributed by atoms with Gasteiger partial charge >= 0.3 is 6.09 Å². The van der Waals surface area contributed by atoms with Crippen LogP contribution in [0.15, 0.2) is 18.2 Å². The molecule has 1 saturated heterocycles. The third kappa shape index (κ3) is 4.79. The molecule has 1 fully saturated rings. The summed E-state index contributed by atoms with van der Waals surface area (Å²) in [5.41, 5.74) is 0. The fraction of sp³-hybridized carbons (Fsp3) is 0.533. The van der Waals surface area contributed by atoms with Gasteiger partial charge in [0.15, 0.2) is 0 Å². The van der Waals surface area contributed by atoms with Gasteiger partial charge in [0, 0.05) is 25.8 Å². The third-order valence-corrected chi connectivity index (χ3v) is 3.47. The minimum Gasteiger partial charge on any atom is -0.489 e. The predicted molar refractivity (Wildman–Crippen MR) is 80.3 cm³/mol. The zero-order chi connectivity index (χ0) is 15.1. The van der Waals surface area contributed by atoms with Crippen molar-refractivity contribution in [3.05, 3.63) is 23.2 Å². The van der Waals surface area contributed by atoms with E-state index in [0.717, 1.165) is 25.9 Å². The molecule has 1 aliphatic heterocycles. The first kappa shape index (κ1) is 15.9. The average molecular weight is 314 g/mol. The summed E-state index contributed by atoms with van der Waals surface area (Å²) < 4.78 is 16.1. The van der Waals surface area contributed by atoms with E-state index in [1.165, 1.54) is 0 Å². The van der Waals surface area contributed by atoms with Gasteiger partial charge in [-0.3, -0.25) is 0 Å². The quantitative estimate of drug-likeness (QED) is 0.756. The molecule has 0 spiro atoms. The van der Waals surface area contributed by atoms with Crippen LogP contribution >= 0.6 is 11.6 Å². The number of benzene rings is 1. The molecule has 6 heteroatoms. The highest BCUT2D eigenvalue weighted by Crippen LogP contribution is 2.29. The molecule has 0 aliphatic carbocycles. The van der Waals surface area contributed by atoms with Gasteiger partial charge in [-0.05, 0) is 31.9 Å². The maximum atomic E-state index is 11.9. The lowest BCUT2D eigenvalue weighted by atomic mass is 10.3. The number of carbonyl (C=O) groups excluding carboxylic acids is 1. The number of hydrogen-bond donors (Lipinski definition) is 0. The van der Waals surface area contributed by atoms with E-state index in [2.05, 4.69) is 0 Å². The third-order valence-electron chi connectivity index (χ3n) is 3.16. The Morgan fingerprint density at radius 2 is 2.05 bits per heavy atom. The van der Waals surface area contributed by atoms with Crippen LogP contribution in [0.5, 0.6) is 11.5 Å². The van der Waals surface area contributed by atoms with Crippen molar-refractivity contribution in [3.63, 3.8) is 0 Å². The van der Waals surface area contributed by atoms with E-state index in [1.807, 2.05) is 6.92 Å². The van der Waals surface area contributed by atoms with E-state index in [1.54, 1.807) is 23.1 Å². The molecule has 116 valence electrons. The lowest BCUT2D eigenvalue weighted by Crippen LogP contribution is -2.30. The number of ether oxygens (including phenoxy) is 3. The van der Waals surface area contributed by atoms with Crippen LogP contribution in [0.2, 0.25) is 5.02 Å². The molecule has 1 aliphatic rings. The Balaban J connectivity index is 1.92. The van der Waals surface area contributed by atoms with Crippen LogP contribution in [0, 0.1) is 0 Å². The average Bonchev–Trinajstić information content (AvgIpc) is 3.01. The normalized spacial score (nSPS) is 14.3. The Hall–Kier alpha value is -1.46. The number of hydrogen-bond acceptors (Lipinski definition) is 4. The van der Waals surface area contributed by atoms with Gasteiger partial charge in [-0.2, -0.15) is 0 Å². The number of likely N-dealkylation sites (tertiary alicyclic amines) is 1. The van der Waals surface area contributed by atoms with E-state index in [9.17, 15) is 4.79 Å². The minimum absolute atomic E-state index is 0.324. The first-order chi connectivity index (χ1) is 10.2. The van der Waals surface area contributed by atoms with Crippen molar-refractivity contribution in [2.45, 2.75) is 19.8 Å². The Kier molecular flexibility index (Phi) is 6.14. The second-order valence-electron chi connectivity index (χ2n) is 4.70. The van der Waals surface area contributed by atoms with Crippen molar-refractivity contribution in [1.29, 1.82) is 0 Å². The summed E-state index contributed by atoms with van der Waals surface area (Å²) in [5.74, 6) is 0.922. The highest BCUT2D eigenvalue weighted by molar-refractivity contribution is 6.32. The van der Waals surface area contributed by atoms with Crippen LogP contribution in [0.1, 0.15) is 19.8 Å². The zero-order valence-electron chi connectivity index (χ0n) is 12.1. The first-order valence-corrected chi connectivity index (χ1v) is 7.55. The van der Waals surface area contributed by atoms with Gasteiger partial charge in [-0.15, -0.1) is 0 Å². The number of nitrogens with zero attached hydrogens (tertiary/aromatic N) is 1. The molecule has 0 unspecified atom stereocenters. The van der Waals surface area contributed by atoms with E-state index >= 15 is 0 Å². The van der Waals surface area contributed by atoms with Crippen LogP contribution in [-0.4, -0.2) is 43.9 Å². The maximum absolute atomic E-state index is 11.9. The first-order valence-electron chi connectivity index (χ1n) is 7.17. The Labute approximate surface area is 129 Å². The lowest BCUT2D eigenvalue weighted by Gasteiger charge is -2.15. The van der Waals surface area contributed by atoms with E-state index in [-0.39, 0.29) is 6.09 Å². The van der Waals surface area contributed by atoms with Gasteiger partial charge in [-0.25, -0.2) is 4.79 Å². The smallest absolute Gasteiger partial charge is 0.415 e. The summed E-state index contributed by atoms with van der Waals surface area (Å²) in [7, 11) is 0. The second-order valence-corrected chi connectivity index (χ2v) is 5.11. The molecule has 21 heavy (non-hydrogen) atoms. The van der Waals surface area contributed by atoms with Crippen molar-refractivity contribution >= 4 is 17.7 Å². The summed E-state index contributed by atoms with van der Waals surface area (Å²) in [6, 6.07) is 4.94.